The molecule has 1 saturated heterocycles. The topological polar surface area (TPSA) is 46.6 Å². The molecule has 118 valence electrons. The summed E-state index contributed by atoms with van der Waals surface area (Å²) in [6.07, 6.45) is 0. The Balaban J connectivity index is 1.99. The van der Waals surface area contributed by atoms with Crippen molar-refractivity contribution >= 4 is 33.0 Å². The molecule has 2 heterocycles. The van der Waals surface area contributed by atoms with Crippen molar-refractivity contribution in [3.63, 3.8) is 0 Å². The molecule has 1 aromatic carbocycles. The third-order valence-corrected chi connectivity index (χ3v) is 7.03. The number of ether oxygens (including phenoxy) is 1. The Kier molecular flexibility index (Phi) is 4.52. The van der Waals surface area contributed by atoms with Gasteiger partial charge < -0.3 is 4.74 Å². The first-order valence-corrected chi connectivity index (χ1v) is 9.22. The Morgan fingerprint density at radius 1 is 1.32 bits per heavy atom. The van der Waals surface area contributed by atoms with Crippen LogP contribution in [0.3, 0.4) is 0 Å². The van der Waals surface area contributed by atoms with E-state index in [0.717, 1.165) is 11.3 Å². The van der Waals surface area contributed by atoms with Crippen molar-refractivity contribution in [3.05, 3.63) is 52.1 Å². The van der Waals surface area contributed by atoms with E-state index in [2.05, 4.69) is 0 Å². The van der Waals surface area contributed by atoms with Crippen LogP contribution in [-0.4, -0.2) is 32.5 Å². The van der Waals surface area contributed by atoms with Crippen LogP contribution in [-0.2, 0) is 14.8 Å². The lowest BCUT2D eigenvalue weighted by molar-refractivity contribution is 0.0320. The average molecular weight is 362 g/mol. The largest absolute Gasteiger partial charge is 0.378 e. The summed E-state index contributed by atoms with van der Waals surface area (Å²) < 4.78 is 46.4. The molecule has 0 amide bonds. The maximum atomic E-state index is 13.4. The maximum Gasteiger partial charge on any atom is 0.253 e. The van der Waals surface area contributed by atoms with Crippen LogP contribution in [0.5, 0.6) is 0 Å². The van der Waals surface area contributed by atoms with Crippen LogP contribution in [0.15, 0.2) is 40.6 Å². The van der Waals surface area contributed by atoms with Gasteiger partial charge in [0.1, 0.15) is 10.0 Å². The summed E-state index contributed by atoms with van der Waals surface area (Å²) in [5, 5.41) is 0. The average Bonchev–Trinajstić information content (AvgIpc) is 2.95. The second kappa shape index (κ2) is 6.25. The van der Waals surface area contributed by atoms with E-state index in [1.165, 1.54) is 22.5 Å². The van der Waals surface area contributed by atoms with E-state index >= 15 is 0 Å². The second-order valence-electron chi connectivity index (χ2n) is 4.82. The minimum absolute atomic E-state index is 0.181. The highest BCUT2D eigenvalue weighted by Crippen LogP contribution is 2.34. The number of thiophene rings is 1. The van der Waals surface area contributed by atoms with Gasteiger partial charge in [-0.25, -0.2) is 12.8 Å². The highest BCUT2D eigenvalue weighted by atomic mass is 35.5. The van der Waals surface area contributed by atoms with E-state index < -0.39 is 21.9 Å². The molecule has 8 heteroatoms. The lowest BCUT2D eigenvalue weighted by Gasteiger charge is -2.34. The van der Waals surface area contributed by atoms with Gasteiger partial charge in [-0.15, -0.1) is 11.3 Å². The van der Waals surface area contributed by atoms with Crippen LogP contribution in [0.4, 0.5) is 4.39 Å². The Morgan fingerprint density at radius 3 is 2.82 bits per heavy atom. The smallest absolute Gasteiger partial charge is 0.253 e. The molecule has 4 nitrogen and oxygen atoms in total. The van der Waals surface area contributed by atoms with Gasteiger partial charge >= 0.3 is 0 Å². The Bertz CT molecular complexity index is 778. The van der Waals surface area contributed by atoms with Gasteiger partial charge in [-0.1, -0.05) is 23.7 Å². The number of benzene rings is 1. The van der Waals surface area contributed by atoms with Crippen molar-refractivity contribution in [2.75, 3.05) is 19.8 Å². The highest BCUT2D eigenvalue weighted by Gasteiger charge is 2.36. The molecule has 1 unspecified atom stereocenters. The summed E-state index contributed by atoms with van der Waals surface area (Å²) >= 11 is 6.85. The van der Waals surface area contributed by atoms with E-state index in [4.69, 9.17) is 16.3 Å². The Labute approximate surface area is 137 Å². The fraction of sp³-hybridized carbons (Fsp3) is 0.286. The number of rotatable bonds is 3. The van der Waals surface area contributed by atoms with Gasteiger partial charge in [-0.3, -0.25) is 0 Å². The molecule has 0 radical (unpaired) electrons. The van der Waals surface area contributed by atoms with E-state index in [0.29, 0.717) is 16.5 Å². The van der Waals surface area contributed by atoms with Crippen LogP contribution in [0.1, 0.15) is 11.6 Å². The molecule has 1 fully saturated rings. The van der Waals surface area contributed by atoms with E-state index in [1.807, 2.05) is 0 Å². The molecule has 0 saturated carbocycles. The number of hydrogen-bond acceptors (Lipinski definition) is 4. The zero-order chi connectivity index (χ0) is 15.7. The molecule has 0 bridgehead atoms. The minimum Gasteiger partial charge on any atom is -0.378 e. The van der Waals surface area contributed by atoms with Crippen LogP contribution in [0.2, 0.25) is 4.34 Å². The van der Waals surface area contributed by atoms with E-state index in [1.54, 1.807) is 18.2 Å². The zero-order valence-corrected chi connectivity index (χ0v) is 13.8. The van der Waals surface area contributed by atoms with Gasteiger partial charge in [-0.2, -0.15) is 4.31 Å². The summed E-state index contributed by atoms with van der Waals surface area (Å²) in [7, 11) is -3.69. The second-order valence-corrected chi connectivity index (χ2v) is 8.65. The van der Waals surface area contributed by atoms with Gasteiger partial charge in [-0.05, 0) is 29.8 Å². The number of hydrogen-bond donors (Lipinski definition) is 0. The first kappa shape index (κ1) is 15.9. The van der Waals surface area contributed by atoms with Crippen molar-refractivity contribution in [1.82, 2.24) is 4.31 Å². The summed E-state index contributed by atoms with van der Waals surface area (Å²) in [6, 6.07) is 8.42. The Morgan fingerprint density at radius 2 is 2.14 bits per heavy atom. The van der Waals surface area contributed by atoms with Crippen LogP contribution in [0, 0.1) is 5.82 Å². The highest BCUT2D eigenvalue weighted by molar-refractivity contribution is 7.91. The number of sulfonamides is 1. The van der Waals surface area contributed by atoms with Crippen LogP contribution < -0.4 is 0 Å². The molecule has 0 spiro atoms. The molecule has 1 atom stereocenters. The fourth-order valence-corrected chi connectivity index (χ4v) is 5.60. The standard InChI is InChI=1S/C14H13ClFNO3S2/c15-13-4-5-14(21-13)22(18,19)17-6-7-20-9-12(17)10-2-1-3-11(16)8-10/h1-5,8,12H,6-7,9H2. The molecule has 1 aliphatic rings. The van der Waals surface area contributed by atoms with Crippen molar-refractivity contribution in [3.8, 4) is 0 Å². The number of morpholine rings is 1. The van der Waals surface area contributed by atoms with Gasteiger partial charge in [0.2, 0.25) is 0 Å². The molecular weight excluding hydrogens is 349 g/mol. The quantitative estimate of drug-likeness (QED) is 0.842. The summed E-state index contributed by atoms with van der Waals surface area (Å²) in [6.45, 7) is 0.727. The van der Waals surface area contributed by atoms with Gasteiger partial charge in [0.25, 0.3) is 10.0 Å². The molecule has 1 aliphatic heterocycles. The normalized spacial score (nSPS) is 20.2. The SMILES string of the molecule is O=S(=O)(c1ccc(Cl)s1)N1CCOCC1c1cccc(F)c1. The fourth-order valence-electron chi connectivity index (χ4n) is 2.40. The van der Waals surface area contributed by atoms with Crippen molar-refractivity contribution in [2.24, 2.45) is 0 Å². The zero-order valence-electron chi connectivity index (χ0n) is 11.4. The summed E-state index contributed by atoms with van der Waals surface area (Å²) in [4.78, 5) is 0. The molecular formula is C14H13ClFNO3S2. The van der Waals surface area contributed by atoms with Gasteiger partial charge in [0.15, 0.2) is 0 Å². The molecule has 2 aromatic rings. The Hall–Kier alpha value is -0.990. The third-order valence-electron chi connectivity index (χ3n) is 3.42. The summed E-state index contributed by atoms with van der Waals surface area (Å²) in [5.74, 6) is -0.403. The van der Waals surface area contributed by atoms with Crippen molar-refractivity contribution < 1.29 is 17.5 Å². The minimum atomic E-state index is -3.69. The van der Waals surface area contributed by atoms with Gasteiger partial charge in [0.05, 0.1) is 23.6 Å². The molecule has 22 heavy (non-hydrogen) atoms. The lowest BCUT2D eigenvalue weighted by atomic mass is 10.1. The van der Waals surface area contributed by atoms with Crippen LogP contribution in [0.25, 0.3) is 0 Å². The van der Waals surface area contributed by atoms with Crippen molar-refractivity contribution in [1.29, 1.82) is 0 Å². The predicted molar refractivity (Wildman–Crippen MR) is 83.2 cm³/mol. The molecule has 0 aliphatic carbocycles. The summed E-state index contributed by atoms with van der Waals surface area (Å²) in [5.41, 5.74) is 0.575. The van der Waals surface area contributed by atoms with E-state index in [-0.39, 0.29) is 17.4 Å². The molecule has 3 rings (SSSR count). The first-order chi connectivity index (χ1) is 10.5. The van der Waals surface area contributed by atoms with Crippen LogP contribution >= 0.6 is 22.9 Å². The third kappa shape index (κ3) is 3.04. The van der Waals surface area contributed by atoms with Gasteiger partial charge in [0, 0.05) is 6.54 Å². The molecule has 1 aromatic heterocycles. The lowest BCUT2D eigenvalue weighted by Crippen LogP contribution is -2.43. The van der Waals surface area contributed by atoms with E-state index in [9.17, 15) is 12.8 Å². The first-order valence-electron chi connectivity index (χ1n) is 6.59. The number of halogens is 2. The monoisotopic (exact) mass is 361 g/mol. The van der Waals surface area contributed by atoms with Crippen molar-refractivity contribution in [2.45, 2.75) is 10.3 Å². The molecule has 0 N–H and O–H groups in total. The number of nitrogens with zero attached hydrogens (tertiary/aromatic N) is 1. The predicted octanol–water partition coefficient (Wildman–Crippen LogP) is 3.30. The maximum absolute atomic E-state index is 13.4.